The van der Waals surface area contributed by atoms with Crippen LogP contribution >= 0.6 is 0 Å². The molecular formula is C27H24FNO7S. The lowest BCUT2D eigenvalue weighted by Crippen LogP contribution is -2.30. The van der Waals surface area contributed by atoms with Crippen LogP contribution in [0.25, 0.3) is 0 Å². The quantitative estimate of drug-likeness (QED) is 0.268. The third kappa shape index (κ3) is 6.28. The number of benzene rings is 3. The van der Waals surface area contributed by atoms with Crippen LogP contribution in [0.15, 0.2) is 94.4 Å². The molecule has 0 saturated heterocycles. The minimum absolute atomic E-state index is 0.0776. The predicted octanol–water partition coefficient (Wildman–Crippen LogP) is 5.05. The molecule has 4 rings (SSSR count). The fourth-order valence-electron chi connectivity index (χ4n) is 3.58. The molecule has 0 bridgehead atoms. The number of ether oxygens (including phenoxy) is 2. The molecule has 0 aliphatic carbocycles. The first-order valence-corrected chi connectivity index (χ1v) is 12.5. The Balaban J connectivity index is 1.55. The van der Waals surface area contributed by atoms with Crippen LogP contribution in [0.5, 0.6) is 17.2 Å². The summed E-state index contributed by atoms with van der Waals surface area (Å²) in [4.78, 5) is 14.9. The number of hydrogen-bond acceptors (Lipinski definition) is 7. The van der Waals surface area contributed by atoms with Crippen LogP contribution < -0.4 is 13.7 Å². The van der Waals surface area contributed by atoms with E-state index >= 15 is 0 Å². The molecule has 1 heterocycles. The van der Waals surface area contributed by atoms with E-state index in [4.69, 9.17) is 18.1 Å². The lowest BCUT2D eigenvalue weighted by Gasteiger charge is -2.23. The zero-order chi connectivity index (χ0) is 26.4. The highest BCUT2D eigenvalue weighted by molar-refractivity contribution is 7.87. The largest absolute Gasteiger partial charge is 0.497 e. The van der Waals surface area contributed by atoms with Gasteiger partial charge in [0.15, 0.2) is 0 Å². The normalized spacial score (nSPS) is 11.1. The van der Waals surface area contributed by atoms with E-state index in [-0.39, 0.29) is 29.6 Å². The van der Waals surface area contributed by atoms with Gasteiger partial charge in [-0.1, -0.05) is 12.1 Å². The van der Waals surface area contributed by atoms with Crippen molar-refractivity contribution in [1.82, 2.24) is 4.90 Å². The molecule has 37 heavy (non-hydrogen) atoms. The van der Waals surface area contributed by atoms with Crippen molar-refractivity contribution in [2.75, 3.05) is 14.2 Å². The number of rotatable bonds is 10. The summed E-state index contributed by atoms with van der Waals surface area (Å²) in [6, 6.07) is 19.1. The maximum atomic E-state index is 13.5. The van der Waals surface area contributed by atoms with E-state index in [1.807, 2.05) is 0 Å². The maximum absolute atomic E-state index is 13.5. The molecule has 1 amide bonds. The molecule has 1 aromatic heterocycles. The minimum atomic E-state index is -4.13. The van der Waals surface area contributed by atoms with Crippen LogP contribution in [0.3, 0.4) is 0 Å². The van der Waals surface area contributed by atoms with Gasteiger partial charge in [-0.15, -0.1) is 0 Å². The highest BCUT2D eigenvalue weighted by atomic mass is 32.2. The van der Waals surface area contributed by atoms with Crippen LogP contribution in [-0.2, 0) is 23.2 Å². The number of hydrogen-bond donors (Lipinski definition) is 0. The predicted molar refractivity (Wildman–Crippen MR) is 132 cm³/mol. The maximum Gasteiger partial charge on any atom is 0.339 e. The van der Waals surface area contributed by atoms with Crippen molar-refractivity contribution in [1.29, 1.82) is 0 Å². The third-order valence-electron chi connectivity index (χ3n) is 5.46. The Kier molecular flexibility index (Phi) is 7.78. The monoisotopic (exact) mass is 525 g/mol. The average Bonchev–Trinajstić information content (AvgIpc) is 3.42. The first-order valence-electron chi connectivity index (χ1n) is 11.1. The van der Waals surface area contributed by atoms with Crippen molar-refractivity contribution < 1.29 is 35.7 Å². The molecular weight excluding hydrogens is 501 g/mol. The Morgan fingerprint density at radius 1 is 0.892 bits per heavy atom. The SMILES string of the molecule is COc1ccc(C(=O)N(Cc2ccc(OS(=O)(=O)c3ccc(F)cc3)cc2)Cc2ccco2)c(OC)c1. The fourth-order valence-corrected chi connectivity index (χ4v) is 4.51. The zero-order valence-electron chi connectivity index (χ0n) is 20.1. The van der Waals surface area contributed by atoms with Gasteiger partial charge >= 0.3 is 10.1 Å². The van der Waals surface area contributed by atoms with E-state index in [0.717, 1.165) is 29.8 Å². The number of furan rings is 1. The molecule has 0 unspecified atom stereocenters. The van der Waals surface area contributed by atoms with Gasteiger partial charge in [0.25, 0.3) is 5.91 Å². The second-order valence-electron chi connectivity index (χ2n) is 7.94. The summed E-state index contributed by atoms with van der Waals surface area (Å²) >= 11 is 0. The van der Waals surface area contributed by atoms with Crippen LogP contribution in [-0.4, -0.2) is 33.4 Å². The molecule has 0 aliphatic rings. The molecule has 10 heteroatoms. The molecule has 3 aromatic carbocycles. The fraction of sp³-hybridized carbons (Fsp3) is 0.148. The van der Waals surface area contributed by atoms with Crippen molar-refractivity contribution in [3.8, 4) is 17.2 Å². The van der Waals surface area contributed by atoms with Gasteiger partial charge in [-0.25, -0.2) is 4.39 Å². The molecule has 0 spiro atoms. The van der Waals surface area contributed by atoms with Crippen LogP contribution in [0.1, 0.15) is 21.7 Å². The second-order valence-corrected chi connectivity index (χ2v) is 9.49. The van der Waals surface area contributed by atoms with E-state index in [0.29, 0.717) is 22.8 Å². The minimum Gasteiger partial charge on any atom is -0.497 e. The topological polar surface area (TPSA) is 95.3 Å². The summed E-state index contributed by atoms with van der Waals surface area (Å²) in [6.45, 7) is 0.387. The Hall–Kier alpha value is -4.31. The van der Waals surface area contributed by atoms with Gasteiger partial charge in [0, 0.05) is 12.6 Å². The molecule has 192 valence electrons. The first kappa shape index (κ1) is 25.8. The van der Waals surface area contributed by atoms with Crippen molar-refractivity contribution in [3.63, 3.8) is 0 Å². The Bertz CT molecular complexity index is 1450. The van der Waals surface area contributed by atoms with Gasteiger partial charge in [-0.2, -0.15) is 8.42 Å². The molecule has 4 aromatic rings. The number of carbonyl (C=O) groups excluding carboxylic acids is 1. The van der Waals surface area contributed by atoms with Crippen LogP contribution in [0.2, 0.25) is 0 Å². The summed E-state index contributed by atoms with van der Waals surface area (Å²) in [5.41, 5.74) is 1.07. The van der Waals surface area contributed by atoms with Crippen molar-refractivity contribution in [2.24, 2.45) is 0 Å². The van der Waals surface area contributed by atoms with E-state index < -0.39 is 15.9 Å². The van der Waals surface area contributed by atoms with Crippen molar-refractivity contribution in [3.05, 3.63) is 108 Å². The van der Waals surface area contributed by atoms with Gasteiger partial charge in [0.2, 0.25) is 0 Å². The summed E-state index contributed by atoms with van der Waals surface area (Å²) in [7, 11) is -1.13. The Morgan fingerprint density at radius 2 is 1.59 bits per heavy atom. The average molecular weight is 526 g/mol. The zero-order valence-corrected chi connectivity index (χ0v) is 20.9. The molecule has 0 radical (unpaired) electrons. The lowest BCUT2D eigenvalue weighted by atomic mass is 10.1. The highest BCUT2D eigenvalue weighted by Crippen LogP contribution is 2.27. The molecule has 0 fully saturated rings. The van der Waals surface area contributed by atoms with Gasteiger partial charge in [-0.3, -0.25) is 4.79 Å². The Labute approximate surface area is 213 Å². The summed E-state index contributed by atoms with van der Waals surface area (Å²) < 4.78 is 59.3. The molecule has 0 saturated carbocycles. The molecule has 0 N–H and O–H groups in total. The number of methoxy groups -OCH3 is 2. The number of nitrogens with zero attached hydrogens (tertiary/aromatic N) is 1. The smallest absolute Gasteiger partial charge is 0.339 e. The van der Waals surface area contributed by atoms with Crippen molar-refractivity contribution in [2.45, 2.75) is 18.0 Å². The molecule has 0 atom stereocenters. The first-order chi connectivity index (χ1) is 17.8. The van der Waals surface area contributed by atoms with Crippen LogP contribution in [0.4, 0.5) is 4.39 Å². The highest BCUT2D eigenvalue weighted by Gasteiger charge is 2.22. The lowest BCUT2D eigenvalue weighted by molar-refractivity contribution is 0.0714. The summed E-state index contributed by atoms with van der Waals surface area (Å²) in [6.07, 6.45) is 1.53. The van der Waals surface area contributed by atoms with E-state index in [2.05, 4.69) is 0 Å². The second kappa shape index (κ2) is 11.2. The van der Waals surface area contributed by atoms with Gasteiger partial charge < -0.3 is 23.0 Å². The van der Waals surface area contributed by atoms with Crippen LogP contribution in [0, 0.1) is 5.82 Å². The van der Waals surface area contributed by atoms with E-state index in [9.17, 15) is 17.6 Å². The number of amides is 1. The Morgan fingerprint density at radius 3 is 2.22 bits per heavy atom. The summed E-state index contributed by atoms with van der Waals surface area (Å²) in [5, 5.41) is 0. The van der Waals surface area contributed by atoms with E-state index in [1.165, 1.54) is 32.6 Å². The van der Waals surface area contributed by atoms with Crippen molar-refractivity contribution >= 4 is 16.0 Å². The van der Waals surface area contributed by atoms with Gasteiger partial charge in [-0.05, 0) is 66.2 Å². The third-order valence-corrected chi connectivity index (χ3v) is 6.72. The van der Waals surface area contributed by atoms with E-state index in [1.54, 1.807) is 47.4 Å². The molecule has 0 aliphatic heterocycles. The van der Waals surface area contributed by atoms with Gasteiger partial charge in [0.05, 0.1) is 32.6 Å². The number of halogens is 1. The molecule has 8 nitrogen and oxygen atoms in total. The summed E-state index contributed by atoms with van der Waals surface area (Å²) in [5.74, 6) is 0.736. The van der Waals surface area contributed by atoms with Gasteiger partial charge in [0.1, 0.15) is 33.7 Å². The standard InChI is InChI=1S/C27H24FNO7S/c1-33-22-11-14-25(26(16-22)34-2)27(30)29(18-23-4-3-15-35-23)17-19-5-9-21(10-6-19)36-37(31,32)24-12-7-20(28)8-13-24/h3-16H,17-18H2,1-2H3. The number of carbonyl (C=O) groups is 1.